The number of aryl methyl sites for hydroxylation is 1. The highest BCUT2D eigenvalue weighted by Gasteiger charge is 2.18. The SMILES string of the molecule is COCCN(c1nc(C)cc(C#N)n1)C(C)COC. The number of nitrogens with zero attached hydrogens (tertiary/aromatic N) is 4. The third kappa shape index (κ3) is 4.47. The average molecular weight is 264 g/mol. The number of anilines is 1. The molecular formula is C13H20N4O2. The van der Waals surface area contributed by atoms with Gasteiger partial charge in [-0.1, -0.05) is 0 Å². The summed E-state index contributed by atoms with van der Waals surface area (Å²) >= 11 is 0. The molecule has 1 aromatic heterocycles. The molecule has 19 heavy (non-hydrogen) atoms. The summed E-state index contributed by atoms with van der Waals surface area (Å²) in [5.74, 6) is 0.540. The Morgan fingerprint density at radius 3 is 2.68 bits per heavy atom. The second-order valence-electron chi connectivity index (χ2n) is 4.30. The molecule has 1 unspecified atom stereocenters. The Kier molecular flexibility index (Phi) is 6.19. The molecule has 0 aliphatic rings. The third-order valence-corrected chi connectivity index (χ3v) is 2.69. The van der Waals surface area contributed by atoms with Crippen molar-refractivity contribution in [2.75, 3.05) is 38.9 Å². The van der Waals surface area contributed by atoms with Crippen LogP contribution in [0.25, 0.3) is 0 Å². The van der Waals surface area contributed by atoms with Gasteiger partial charge in [0, 0.05) is 26.5 Å². The van der Waals surface area contributed by atoms with Gasteiger partial charge in [0.05, 0.1) is 19.3 Å². The maximum Gasteiger partial charge on any atom is 0.227 e. The van der Waals surface area contributed by atoms with Gasteiger partial charge in [-0.25, -0.2) is 9.97 Å². The van der Waals surface area contributed by atoms with Crippen LogP contribution in [0.4, 0.5) is 5.95 Å². The Morgan fingerprint density at radius 2 is 2.11 bits per heavy atom. The summed E-state index contributed by atoms with van der Waals surface area (Å²) in [7, 11) is 3.31. The lowest BCUT2D eigenvalue weighted by atomic mass is 10.3. The fourth-order valence-electron chi connectivity index (χ4n) is 1.78. The predicted octanol–water partition coefficient (Wildman–Crippen LogP) is 1.14. The van der Waals surface area contributed by atoms with Crippen LogP contribution in [0.3, 0.4) is 0 Å². The van der Waals surface area contributed by atoms with Crippen LogP contribution in [0.5, 0.6) is 0 Å². The van der Waals surface area contributed by atoms with Crippen molar-refractivity contribution in [3.8, 4) is 6.07 Å². The predicted molar refractivity (Wildman–Crippen MR) is 72.0 cm³/mol. The number of hydrogen-bond acceptors (Lipinski definition) is 6. The molecule has 1 atom stereocenters. The Hall–Kier alpha value is -1.71. The van der Waals surface area contributed by atoms with Gasteiger partial charge in [0.1, 0.15) is 11.8 Å². The van der Waals surface area contributed by atoms with E-state index in [0.717, 1.165) is 5.69 Å². The number of aromatic nitrogens is 2. The first kappa shape index (κ1) is 15.3. The van der Waals surface area contributed by atoms with Crippen molar-refractivity contribution < 1.29 is 9.47 Å². The Labute approximate surface area is 114 Å². The normalized spacial score (nSPS) is 11.9. The summed E-state index contributed by atoms with van der Waals surface area (Å²) in [6.45, 7) is 5.64. The van der Waals surface area contributed by atoms with Crippen LogP contribution < -0.4 is 4.90 Å². The minimum absolute atomic E-state index is 0.105. The van der Waals surface area contributed by atoms with E-state index in [4.69, 9.17) is 14.7 Å². The molecule has 0 fully saturated rings. The number of methoxy groups -OCH3 is 2. The van der Waals surface area contributed by atoms with Crippen molar-refractivity contribution in [1.82, 2.24) is 9.97 Å². The molecule has 0 radical (unpaired) electrons. The Bertz CT molecular complexity index is 445. The zero-order chi connectivity index (χ0) is 14.3. The second-order valence-corrected chi connectivity index (χ2v) is 4.30. The quantitative estimate of drug-likeness (QED) is 0.735. The summed E-state index contributed by atoms with van der Waals surface area (Å²) in [4.78, 5) is 10.6. The monoisotopic (exact) mass is 264 g/mol. The molecule has 1 aromatic rings. The topological polar surface area (TPSA) is 71.3 Å². The fourth-order valence-corrected chi connectivity index (χ4v) is 1.78. The molecule has 0 aromatic carbocycles. The Morgan fingerprint density at radius 1 is 1.37 bits per heavy atom. The number of hydrogen-bond donors (Lipinski definition) is 0. The first-order valence-electron chi connectivity index (χ1n) is 6.12. The van der Waals surface area contributed by atoms with Gasteiger partial charge in [-0.3, -0.25) is 0 Å². The summed E-state index contributed by atoms with van der Waals surface area (Å²) in [5.41, 5.74) is 1.14. The number of rotatable bonds is 7. The van der Waals surface area contributed by atoms with Gasteiger partial charge in [-0.05, 0) is 19.9 Å². The lowest BCUT2D eigenvalue weighted by Crippen LogP contribution is -2.40. The van der Waals surface area contributed by atoms with E-state index >= 15 is 0 Å². The first-order valence-corrected chi connectivity index (χ1v) is 6.12. The molecule has 0 N–H and O–H groups in total. The van der Waals surface area contributed by atoms with E-state index < -0.39 is 0 Å². The van der Waals surface area contributed by atoms with Crippen molar-refractivity contribution in [2.45, 2.75) is 19.9 Å². The molecule has 0 saturated heterocycles. The van der Waals surface area contributed by atoms with E-state index in [1.165, 1.54) is 0 Å². The van der Waals surface area contributed by atoms with Crippen molar-refractivity contribution in [1.29, 1.82) is 5.26 Å². The molecule has 1 heterocycles. The highest BCUT2D eigenvalue weighted by atomic mass is 16.5. The van der Waals surface area contributed by atoms with Crippen LogP contribution in [0, 0.1) is 18.3 Å². The first-order chi connectivity index (χ1) is 9.12. The Balaban J connectivity index is 3.02. The summed E-state index contributed by atoms with van der Waals surface area (Å²) < 4.78 is 10.3. The van der Waals surface area contributed by atoms with Gasteiger partial charge in [0.25, 0.3) is 0 Å². The molecular weight excluding hydrogens is 244 g/mol. The maximum atomic E-state index is 8.98. The van der Waals surface area contributed by atoms with Crippen molar-refractivity contribution in [3.63, 3.8) is 0 Å². The minimum atomic E-state index is 0.105. The van der Waals surface area contributed by atoms with E-state index in [1.54, 1.807) is 20.3 Å². The lowest BCUT2D eigenvalue weighted by molar-refractivity contribution is 0.170. The molecule has 0 aliphatic heterocycles. The number of ether oxygens (including phenoxy) is 2. The van der Waals surface area contributed by atoms with E-state index in [1.807, 2.05) is 24.8 Å². The second kappa shape index (κ2) is 7.67. The van der Waals surface area contributed by atoms with Crippen molar-refractivity contribution in [2.24, 2.45) is 0 Å². The highest BCUT2D eigenvalue weighted by molar-refractivity contribution is 5.37. The summed E-state index contributed by atoms with van der Waals surface area (Å²) in [6.07, 6.45) is 0. The molecule has 6 heteroatoms. The standard InChI is InChI=1S/C13H20N4O2/c1-10-7-12(8-14)16-13(15-10)17(5-6-18-3)11(2)9-19-4/h7,11H,5-6,9H2,1-4H3. The smallest absolute Gasteiger partial charge is 0.227 e. The largest absolute Gasteiger partial charge is 0.383 e. The highest BCUT2D eigenvalue weighted by Crippen LogP contribution is 2.13. The molecule has 0 amide bonds. The van der Waals surface area contributed by atoms with Crippen LogP contribution in [0.2, 0.25) is 0 Å². The van der Waals surface area contributed by atoms with Gasteiger partial charge in [0.2, 0.25) is 5.95 Å². The van der Waals surface area contributed by atoms with Crippen molar-refractivity contribution in [3.05, 3.63) is 17.5 Å². The number of nitriles is 1. The van der Waals surface area contributed by atoms with Gasteiger partial charge < -0.3 is 14.4 Å². The molecule has 0 saturated carbocycles. The van der Waals surface area contributed by atoms with Gasteiger partial charge in [0.15, 0.2) is 0 Å². The zero-order valence-corrected chi connectivity index (χ0v) is 11.9. The molecule has 1 rings (SSSR count). The van der Waals surface area contributed by atoms with E-state index in [0.29, 0.717) is 31.4 Å². The zero-order valence-electron chi connectivity index (χ0n) is 11.9. The van der Waals surface area contributed by atoms with Gasteiger partial charge in [-0.2, -0.15) is 5.26 Å². The van der Waals surface area contributed by atoms with E-state index in [-0.39, 0.29) is 6.04 Å². The molecule has 104 valence electrons. The van der Waals surface area contributed by atoms with E-state index in [9.17, 15) is 0 Å². The maximum absolute atomic E-state index is 8.98. The van der Waals surface area contributed by atoms with Crippen molar-refractivity contribution >= 4 is 5.95 Å². The van der Waals surface area contributed by atoms with Crippen LogP contribution in [-0.4, -0.2) is 50.0 Å². The molecule has 0 aliphatic carbocycles. The molecule has 0 spiro atoms. The third-order valence-electron chi connectivity index (χ3n) is 2.69. The minimum Gasteiger partial charge on any atom is -0.383 e. The van der Waals surface area contributed by atoms with Crippen LogP contribution in [0.15, 0.2) is 6.07 Å². The average Bonchev–Trinajstić information content (AvgIpc) is 2.39. The van der Waals surface area contributed by atoms with E-state index in [2.05, 4.69) is 9.97 Å². The van der Waals surface area contributed by atoms with Crippen LogP contribution in [0.1, 0.15) is 18.3 Å². The fraction of sp³-hybridized carbons (Fsp3) is 0.615. The lowest BCUT2D eigenvalue weighted by Gasteiger charge is -2.28. The summed E-state index contributed by atoms with van der Waals surface area (Å²) in [6, 6.07) is 3.82. The van der Waals surface area contributed by atoms with Gasteiger partial charge >= 0.3 is 0 Å². The molecule has 6 nitrogen and oxygen atoms in total. The molecule has 0 bridgehead atoms. The van der Waals surface area contributed by atoms with Crippen LogP contribution >= 0.6 is 0 Å². The summed E-state index contributed by atoms with van der Waals surface area (Å²) in [5, 5.41) is 8.98. The van der Waals surface area contributed by atoms with Crippen LogP contribution in [-0.2, 0) is 9.47 Å². The van der Waals surface area contributed by atoms with Gasteiger partial charge in [-0.15, -0.1) is 0 Å².